The molecule has 6 nitrogen and oxygen atoms in total. The van der Waals surface area contributed by atoms with E-state index in [9.17, 15) is 14.9 Å². The number of hydrogen-bond donors (Lipinski definition) is 1. The zero-order valence-electron chi connectivity index (χ0n) is 13.7. The largest absolute Gasteiger partial charge is 0.360 e. The third-order valence-electron chi connectivity index (χ3n) is 4.41. The molecule has 2 aromatic carbocycles. The molecule has 0 spiro atoms. The van der Waals surface area contributed by atoms with Gasteiger partial charge in [-0.3, -0.25) is 14.9 Å². The maximum Gasteiger partial charge on any atom is 0.271 e. The Labute approximate surface area is 150 Å². The Bertz CT molecular complexity index is 825. The van der Waals surface area contributed by atoms with Crippen LogP contribution in [0, 0.1) is 10.1 Å². The average Bonchev–Trinajstić information content (AvgIpc) is 2.62. The molecule has 1 amide bonds. The highest BCUT2D eigenvalue weighted by Crippen LogP contribution is 2.30. The summed E-state index contributed by atoms with van der Waals surface area (Å²) < 4.78 is 0. The van der Waals surface area contributed by atoms with Crippen LogP contribution in [-0.4, -0.2) is 23.4 Å². The second kappa shape index (κ2) is 7.11. The lowest BCUT2D eigenvalue weighted by atomic mass is 10.00. The van der Waals surface area contributed by atoms with Crippen molar-refractivity contribution in [2.45, 2.75) is 25.8 Å². The van der Waals surface area contributed by atoms with Crippen molar-refractivity contribution in [3.8, 4) is 0 Å². The predicted molar refractivity (Wildman–Crippen MR) is 98.3 cm³/mol. The van der Waals surface area contributed by atoms with Crippen molar-refractivity contribution in [2.24, 2.45) is 0 Å². The molecule has 0 saturated carbocycles. The van der Waals surface area contributed by atoms with Crippen molar-refractivity contribution in [3.05, 3.63) is 63.2 Å². The van der Waals surface area contributed by atoms with Gasteiger partial charge in [-0.05, 0) is 37.5 Å². The smallest absolute Gasteiger partial charge is 0.271 e. The second-order valence-electron chi connectivity index (χ2n) is 6.01. The summed E-state index contributed by atoms with van der Waals surface area (Å²) in [6, 6.07) is 11.6. The molecule has 2 aromatic rings. The third-order valence-corrected chi connectivity index (χ3v) is 4.74. The summed E-state index contributed by atoms with van der Waals surface area (Å²) in [6.45, 7) is 2.61. The van der Waals surface area contributed by atoms with Crippen molar-refractivity contribution in [1.29, 1.82) is 0 Å². The number of para-hydroxylation sites is 1. The molecule has 0 fully saturated rings. The molecule has 1 aliphatic heterocycles. The van der Waals surface area contributed by atoms with Crippen LogP contribution in [0.2, 0.25) is 5.02 Å². The van der Waals surface area contributed by atoms with Crippen LogP contribution < -0.4 is 10.2 Å². The molecule has 3 rings (SSSR count). The van der Waals surface area contributed by atoms with Crippen LogP contribution in [0.1, 0.15) is 18.9 Å². The molecule has 1 aliphatic rings. The van der Waals surface area contributed by atoms with Gasteiger partial charge in [0.15, 0.2) is 0 Å². The summed E-state index contributed by atoms with van der Waals surface area (Å²) in [7, 11) is 0. The minimum Gasteiger partial charge on any atom is -0.360 e. The first kappa shape index (κ1) is 17.2. The van der Waals surface area contributed by atoms with Gasteiger partial charge in [-0.15, -0.1) is 0 Å². The molecule has 1 unspecified atom stereocenters. The minimum atomic E-state index is -0.518. The summed E-state index contributed by atoms with van der Waals surface area (Å²) in [5, 5.41) is 13.9. The topological polar surface area (TPSA) is 75.5 Å². The summed E-state index contributed by atoms with van der Waals surface area (Å²) in [5.41, 5.74) is 2.41. The fourth-order valence-electron chi connectivity index (χ4n) is 3.07. The molecule has 0 bridgehead atoms. The second-order valence-corrected chi connectivity index (χ2v) is 6.42. The maximum atomic E-state index is 12.7. The lowest BCUT2D eigenvalue weighted by molar-refractivity contribution is -0.384. The zero-order valence-corrected chi connectivity index (χ0v) is 14.5. The van der Waals surface area contributed by atoms with Gasteiger partial charge >= 0.3 is 0 Å². The minimum absolute atomic E-state index is 0.115. The Morgan fingerprint density at radius 3 is 2.84 bits per heavy atom. The van der Waals surface area contributed by atoms with E-state index in [-0.39, 0.29) is 22.3 Å². The number of nitro benzene ring substituents is 1. The first-order valence-electron chi connectivity index (χ1n) is 8.06. The predicted octanol–water partition coefficient (Wildman–Crippen LogP) is 4.03. The Hall–Kier alpha value is -2.60. The zero-order chi connectivity index (χ0) is 18.0. The van der Waals surface area contributed by atoms with E-state index in [0.29, 0.717) is 0 Å². The van der Waals surface area contributed by atoms with E-state index in [2.05, 4.69) is 16.3 Å². The number of hydrogen-bond acceptors (Lipinski definition) is 4. The number of non-ortho nitro benzene ring substituents is 1. The van der Waals surface area contributed by atoms with Crippen LogP contribution in [0.5, 0.6) is 0 Å². The Morgan fingerprint density at radius 1 is 1.32 bits per heavy atom. The first-order valence-corrected chi connectivity index (χ1v) is 8.44. The summed E-state index contributed by atoms with van der Waals surface area (Å²) in [4.78, 5) is 25.1. The molecule has 7 heteroatoms. The van der Waals surface area contributed by atoms with Crippen LogP contribution in [0.3, 0.4) is 0 Å². The van der Waals surface area contributed by atoms with E-state index >= 15 is 0 Å². The number of carbonyl (C=O) groups excluding carboxylic acids is 1. The van der Waals surface area contributed by atoms with E-state index in [1.807, 2.05) is 25.1 Å². The van der Waals surface area contributed by atoms with Crippen LogP contribution in [-0.2, 0) is 11.2 Å². The van der Waals surface area contributed by atoms with Crippen molar-refractivity contribution < 1.29 is 9.72 Å². The molecule has 1 heterocycles. The van der Waals surface area contributed by atoms with Gasteiger partial charge in [0.05, 0.1) is 15.6 Å². The van der Waals surface area contributed by atoms with Gasteiger partial charge in [-0.2, -0.15) is 0 Å². The number of amides is 1. The number of fused-ring (bicyclic) bond motifs is 1. The Morgan fingerprint density at radius 2 is 2.08 bits per heavy atom. The van der Waals surface area contributed by atoms with Crippen LogP contribution in [0.25, 0.3) is 0 Å². The Balaban J connectivity index is 1.80. The number of halogens is 1. The van der Waals surface area contributed by atoms with Gasteiger partial charge in [0, 0.05) is 24.4 Å². The molecule has 0 saturated heterocycles. The lowest BCUT2D eigenvalue weighted by Crippen LogP contribution is -2.44. The molecule has 0 radical (unpaired) electrons. The Kier molecular flexibility index (Phi) is 4.90. The van der Waals surface area contributed by atoms with Gasteiger partial charge in [0.1, 0.15) is 6.04 Å². The van der Waals surface area contributed by atoms with Gasteiger partial charge in [0.25, 0.3) is 5.69 Å². The van der Waals surface area contributed by atoms with E-state index < -0.39 is 11.0 Å². The number of nitrogens with one attached hydrogen (secondary N) is 1. The van der Waals surface area contributed by atoms with Crippen molar-refractivity contribution in [1.82, 2.24) is 0 Å². The van der Waals surface area contributed by atoms with Crippen LogP contribution in [0.4, 0.5) is 17.1 Å². The van der Waals surface area contributed by atoms with Gasteiger partial charge in [-0.25, -0.2) is 0 Å². The van der Waals surface area contributed by atoms with Gasteiger partial charge in [-0.1, -0.05) is 29.8 Å². The fraction of sp³-hybridized carbons (Fsp3) is 0.278. The van der Waals surface area contributed by atoms with Crippen molar-refractivity contribution in [3.63, 3.8) is 0 Å². The fourth-order valence-corrected chi connectivity index (χ4v) is 3.23. The lowest BCUT2D eigenvalue weighted by Gasteiger charge is -2.35. The van der Waals surface area contributed by atoms with Crippen LogP contribution >= 0.6 is 11.6 Å². The number of anilines is 2. The van der Waals surface area contributed by atoms with E-state index in [1.54, 1.807) is 0 Å². The van der Waals surface area contributed by atoms with E-state index in [1.165, 1.54) is 23.8 Å². The van der Waals surface area contributed by atoms with E-state index in [4.69, 9.17) is 11.6 Å². The average molecular weight is 360 g/mol. The van der Waals surface area contributed by atoms with E-state index in [0.717, 1.165) is 25.1 Å². The first-order chi connectivity index (χ1) is 12.0. The number of benzene rings is 2. The number of aryl methyl sites for hydroxylation is 1. The van der Waals surface area contributed by atoms with Crippen molar-refractivity contribution >= 4 is 34.6 Å². The molecule has 130 valence electrons. The normalized spacial score (nSPS) is 14.6. The van der Waals surface area contributed by atoms with Crippen LogP contribution in [0.15, 0.2) is 42.5 Å². The van der Waals surface area contributed by atoms with Gasteiger partial charge < -0.3 is 10.2 Å². The van der Waals surface area contributed by atoms with Gasteiger partial charge in [0.2, 0.25) is 5.91 Å². The summed E-state index contributed by atoms with van der Waals surface area (Å²) in [5.74, 6) is -0.251. The molecule has 25 heavy (non-hydrogen) atoms. The highest BCUT2D eigenvalue weighted by atomic mass is 35.5. The summed E-state index contributed by atoms with van der Waals surface area (Å²) >= 11 is 6.07. The standard InChI is InChI=1S/C18H18ClN3O3/c1-12(21-10-4-6-13-5-2-3-7-17(13)21)18(23)20-16-11-14(22(24)25)8-9-15(16)19/h2-3,5,7-9,11-12H,4,6,10H2,1H3,(H,20,23). The van der Waals surface area contributed by atoms with Crippen molar-refractivity contribution in [2.75, 3.05) is 16.8 Å². The molecule has 0 aromatic heterocycles. The molecule has 0 aliphatic carbocycles. The quantitative estimate of drug-likeness (QED) is 0.660. The SMILES string of the molecule is CC(C(=O)Nc1cc([N+](=O)[O-])ccc1Cl)N1CCCc2ccccc21. The molecular formula is C18H18ClN3O3. The third kappa shape index (κ3) is 3.58. The monoisotopic (exact) mass is 359 g/mol. The number of nitrogens with zero attached hydrogens (tertiary/aromatic N) is 2. The highest BCUT2D eigenvalue weighted by molar-refractivity contribution is 6.33. The number of carbonyl (C=O) groups is 1. The highest BCUT2D eigenvalue weighted by Gasteiger charge is 2.26. The maximum absolute atomic E-state index is 12.7. The number of rotatable bonds is 4. The molecule has 1 atom stereocenters. The molecular weight excluding hydrogens is 342 g/mol. The molecule has 1 N–H and O–H groups in total. The number of nitro groups is 1. The summed E-state index contributed by atoms with van der Waals surface area (Å²) in [6.07, 6.45) is 1.98.